The van der Waals surface area contributed by atoms with Crippen molar-refractivity contribution in [2.45, 2.75) is 13.0 Å². The molecule has 0 saturated heterocycles. The molecule has 0 bridgehead atoms. The number of nitrogens with one attached hydrogen (secondary N) is 2. The Morgan fingerprint density at radius 1 is 1.09 bits per heavy atom. The van der Waals surface area contributed by atoms with Gasteiger partial charge in [0.15, 0.2) is 10.9 Å². The fourth-order valence-corrected chi connectivity index (χ4v) is 2.91. The number of Topliss-reactive ketones (excluding diaryl/α,β-unsaturated/α-hetero) is 1. The Bertz CT molecular complexity index is 782. The molecule has 3 rings (SSSR count). The van der Waals surface area contributed by atoms with Crippen LogP contribution in [0.5, 0.6) is 5.75 Å². The highest BCUT2D eigenvalue weighted by Crippen LogP contribution is 2.32. The maximum absolute atomic E-state index is 12.3. The molecule has 0 amide bonds. The summed E-state index contributed by atoms with van der Waals surface area (Å²) >= 11 is 5.31. The van der Waals surface area contributed by atoms with Gasteiger partial charge in [-0.2, -0.15) is 0 Å². The zero-order valence-corrected chi connectivity index (χ0v) is 13.4. The summed E-state index contributed by atoms with van der Waals surface area (Å²) in [6.45, 7) is 1.55. The Balaban J connectivity index is 2.16. The Kier molecular flexibility index (Phi) is 4.12. The van der Waals surface area contributed by atoms with Gasteiger partial charge < -0.3 is 15.7 Å². The molecule has 1 aliphatic heterocycles. The second-order valence-electron chi connectivity index (χ2n) is 5.33. The molecule has 1 heterocycles. The minimum absolute atomic E-state index is 0.0376. The number of benzene rings is 2. The van der Waals surface area contributed by atoms with Gasteiger partial charge in [0.05, 0.1) is 11.7 Å². The van der Waals surface area contributed by atoms with E-state index in [0.717, 1.165) is 16.8 Å². The highest BCUT2D eigenvalue weighted by atomic mass is 32.1. The van der Waals surface area contributed by atoms with E-state index >= 15 is 0 Å². The summed E-state index contributed by atoms with van der Waals surface area (Å²) in [5.41, 5.74) is 3.12. The molecule has 4 nitrogen and oxygen atoms in total. The third kappa shape index (κ3) is 3.10. The zero-order chi connectivity index (χ0) is 16.4. The third-order valence-electron chi connectivity index (χ3n) is 3.74. The maximum atomic E-state index is 12.3. The Hall–Kier alpha value is -2.66. The molecule has 1 aliphatic rings. The molecule has 23 heavy (non-hydrogen) atoms. The number of phenols is 1. The number of ketones is 1. The molecular formula is C18H16N2O2S. The minimum Gasteiger partial charge on any atom is -0.508 e. The lowest BCUT2D eigenvalue weighted by molar-refractivity contribution is -0.113. The van der Waals surface area contributed by atoms with Crippen LogP contribution >= 0.6 is 12.2 Å². The highest BCUT2D eigenvalue weighted by molar-refractivity contribution is 7.80. The van der Waals surface area contributed by atoms with Gasteiger partial charge in [0.2, 0.25) is 0 Å². The number of hydrogen-bond donors (Lipinski definition) is 3. The van der Waals surface area contributed by atoms with Crippen LogP contribution in [-0.4, -0.2) is 16.0 Å². The van der Waals surface area contributed by atoms with Crippen molar-refractivity contribution in [3.8, 4) is 5.75 Å². The molecule has 3 N–H and O–H groups in total. The van der Waals surface area contributed by atoms with E-state index in [-0.39, 0.29) is 17.6 Å². The van der Waals surface area contributed by atoms with Gasteiger partial charge in [-0.3, -0.25) is 4.79 Å². The second-order valence-corrected chi connectivity index (χ2v) is 5.74. The summed E-state index contributed by atoms with van der Waals surface area (Å²) in [4.78, 5) is 12.3. The van der Waals surface area contributed by atoms with Gasteiger partial charge in [-0.05, 0) is 42.4 Å². The van der Waals surface area contributed by atoms with E-state index in [1.54, 1.807) is 31.2 Å². The molecule has 0 aromatic heterocycles. The molecule has 0 radical (unpaired) electrons. The number of carbonyl (C=O) groups is 1. The molecule has 0 fully saturated rings. The predicted molar refractivity (Wildman–Crippen MR) is 93.8 cm³/mol. The number of carbonyl (C=O) groups excluding carboxylic acids is 1. The van der Waals surface area contributed by atoms with Gasteiger partial charge in [-0.1, -0.05) is 42.5 Å². The number of thiocarbonyl (C=S) groups is 1. The largest absolute Gasteiger partial charge is 0.508 e. The minimum atomic E-state index is -0.350. The molecule has 0 saturated carbocycles. The number of hydrogen-bond acceptors (Lipinski definition) is 3. The van der Waals surface area contributed by atoms with Gasteiger partial charge in [0.25, 0.3) is 0 Å². The van der Waals surface area contributed by atoms with Crippen LogP contribution in [0.4, 0.5) is 0 Å². The van der Waals surface area contributed by atoms with Crippen molar-refractivity contribution in [2.24, 2.45) is 0 Å². The van der Waals surface area contributed by atoms with E-state index in [4.69, 9.17) is 12.2 Å². The van der Waals surface area contributed by atoms with Crippen LogP contribution in [0.15, 0.2) is 60.2 Å². The van der Waals surface area contributed by atoms with Gasteiger partial charge in [0, 0.05) is 5.57 Å². The van der Waals surface area contributed by atoms with Crippen LogP contribution in [0, 0.1) is 0 Å². The molecular weight excluding hydrogens is 308 g/mol. The summed E-state index contributed by atoms with van der Waals surface area (Å²) in [6, 6.07) is 16.1. The van der Waals surface area contributed by atoms with Gasteiger partial charge >= 0.3 is 0 Å². The van der Waals surface area contributed by atoms with Crippen LogP contribution < -0.4 is 10.6 Å². The van der Waals surface area contributed by atoms with Crippen molar-refractivity contribution in [1.29, 1.82) is 0 Å². The first-order valence-corrected chi connectivity index (χ1v) is 7.64. The van der Waals surface area contributed by atoms with E-state index in [0.29, 0.717) is 10.7 Å². The molecule has 2 aromatic carbocycles. The van der Waals surface area contributed by atoms with Crippen molar-refractivity contribution >= 4 is 28.8 Å². The van der Waals surface area contributed by atoms with E-state index < -0.39 is 0 Å². The van der Waals surface area contributed by atoms with Gasteiger partial charge in [0.1, 0.15) is 5.75 Å². The lowest BCUT2D eigenvalue weighted by atomic mass is 9.90. The first-order valence-electron chi connectivity index (χ1n) is 7.23. The van der Waals surface area contributed by atoms with Crippen molar-refractivity contribution < 1.29 is 9.90 Å². The molecule has 5 heteroatoms. The Morgan fingerprint density at radius 2 is 1.74 bits per heavy atom. The first kappa shape index (κ1) is 15.2. The van der Waals surface area contributed by atoms with E-state index in [2.05, 4.69) is 10.6 Å². The summed E-state index contributed by atoms with van der Waals surface area (Å²) in [5.74, 6) is 0.145. The third-order valence-corrected chi connectivity index (χ3v) is 3.96. The zero-order valence-electron chi connectivity index (χ0n) is 12.5. The Morgan fingerprint density at radius 3 is 2.35 bits per heavy atom. The number of aromatic hydroxyl groups is 1. The van der Waals surface area contributed by atoms with E-state index in [9.17, 15) is 9.90 Å². The van der Waals surface area contributed by atoms with E-state index in [1.165, 1.54) is 0 Å². The van der Waals surface area contributed by atoms with Gasteiger partial charge in [-0.15, -0.1) is 0 Å². The predicted octanol–water partition coefficient (Wildman–Crippen LogP) is 2.91. The Labute approximate surface area is 139 Å². The van der Waals surface area contributed by atoms with Crippen molar-refractivity contribution in [2.75, 3.05) is 0 Å². The fraction of sp³-hybridized carbons (Fsp3) is 0.111. The molecule has 0 spiro atoms. The van der Waals surface area contributed by atoms with Gasteiger partial charge in [-0.25, -0.2) is 0 Å². The van der Waals surface area contributed by atoms with Crippen molar-refractivity contribution in [3.63, 3.8) is 0 Å². The van der Waals surface area contributed by atoms with Crippen LogP contribution in [0.3, 0.4) is 0 Å². The lowest BCUT2D eigenvalue weighted by Gasteiger charge is -2.31. The SMILES string of the molecule is CC(=O)C1=C(c2ccccc2)NC(=S)NC1c1ccc(O)cc1. The standard InChI is InChI=1S/C18H16N2O2S/c1-11(21)15-16(12-5-3-2-4-6-12)19-18(23)20-17(15)13-7-9-14(22)10-8-13/h2-10,17,22H,1H3,(H2,19,20,23). The van der Waals surface area contributed by atoms with Crippen LogP contribution in [-0.2, 0) is 4.79 Å². The number of phenolic OH excluding ortho intramolecular Hbond substituents is 1. The van der Waals surface area contributed by atoms with Crippen LogP contribution in [0.25, 0.3) is 5.70 Å². The van der Waals surface area contributed by atoms with Crippen LogP contribution in [0.2, 0.25) is 0 Å². The normalized spacial score (nSPS) is 17.4. The van der Waals surface area contributed by atoms with E-state index in [1.807, 2.05) is 30.3 Å². The smallest absolute Gasteiger partial charge is 0.171 e. The molecule has 1 atom stereocenters. The summed E-state index contributed by atoms with van der Waals surface area (Å²) < 4.78 is 0. The molecule has 1 unspecified atom stereocenters. The second kappa shape index (κ2) is 6.22. The summed E-state index contributed by atoms with van der Waals surface area (Å²) in [7, 11) is 0. The topological polar surface area (TPSA) is 61.4 Å². The summed E-state index contributed by atoms with van der Waals surface area (Å²) in [6.07, 6.45) is 0. The maximum Gasteiger partial charge on any atom is 0.171 e. The number of rotatable bonds is 3. The van der Waals surface area contributed by atoms with Crippen LogP contribution in [0.1, 0.15) is 24.1 Å². The molecule has 116 valence electrons. The lowest BCUT2D eigenvalue weighted by Crippen LogP contribution is -2.44. The fourth-order valence-electron chi connectivity index (χ4n) is 2.69. The molecule has 0 aliphatic carbocycles. The molecule has 2 aromatic rings. The average Bonchev–Trinajstić information content (AvgIpc) is 2.55. The van der Waals surface area contributed by atoms with Crippen molar-refractivity contribution in [1.82, 2.24) is 10.6 Å². The average molecular weight is 324 g/mol. The highest BCUT2D eigenvalue weighted by Gasteiger charge is 2.29. The van der Waals surface area contributed by atoms with Crippen molar-refractivity contribution in [3.05, 3.63) is 71.3 Å². The first-order chi connectivity index (χ1) is 11.1. The summed E-state index contributed by atoms with van der Waals surface area (Å²) in [5, 5.41) is 16.2. The quantitative estimate of drug-likeness (QED) is 0.758. The monoisotopic (exact) mass is 324 g/mol.